The third kappa shape index (κ3) is 3.10. The lowest BCUT2D eigenvalue weighted by Crippen LogP contribution is -2.62. The third-order valence-electron chi connectivity index (χ3n) is 4.37. The fraction of sp³-hybridized carbons (Fsp3) is 0.353. The van der Waals surface area contributed by atoms with Crippen molar-refractivity contribution in [2.24, 2.45) is 0 Å². The second kappa shape index (κ2) is 6.78. The Morgan fingerprint density at radius 2 is 2.11 bits per heavy atom. The van der Waals surface area contributed by atoms with Crippen LogP contribution in [0.5, 0.6) is 11.5 Å². The molecule has 1 atom stereocenters. The van der Waals surface area contributed by atoms with Gasteiger partial charge in [-0.1, -0.05) is 11.9 Å². The first-order chi connectivity index (χ1) is 13.0. The van der Waals surface area contributed by atoms with Crippen LogP contribution in [0.4, 0.5) is 10.5 Å². The summed E-state index contributed by atoms with van der Waals surface area (Å²) in [6.07, 6.45) is 0. The van der Waals surface area contributed by atoms with Gasteiger partial charge >= 0.3 is 6.03 Å². The molecule has 0 saturated carbocycles. The highest BCUT2D eigenvalue weighted by atomic mass is 32.2. The van der Waals surface area contributed by atoms with E-state index in [1.165, 1.54) is 21.7 Å². The maximum absolute atomic E-state index is 12.8. The summed E-state index contributed by atoms with van der Waals surface area (Å²) in [6, 6.07) is 3.63. The first-order valence-electron chi connectivity index (χ1n) is 8.41. The highest BCUT2D eigenvalue weighted by molar-refractivity contribution is 8.00. The Bertz CT molecular complexity index is 856. The molecule has 142 valence electrons. The number of carbonyl (C=O) groups excluding carboxylic acids is 3. The summed E-state index contributed by atoms with van der Waals surface area (Å²) in [5.41, 5.74) is 1.03. The standard InChI is InChI=1S/C17H18N4O5S/c1-9(2)21-16(23)15-11(7-27-19-15)20(17(21)24)6-14(22)18-10-3-4-12-13(5-10)26-8-25-12/h3-5,7,9,15,19H,6,8H2,1-2H3,(H,18,22). The number of hydrogen-bond donors (Lipinski definition) is 2. The molecule has 3 aliphatic rings. The van der Waals surface area contributed by atoms with Crippen molar-refractivity contribution in [2.75, 3.05) is 18.7 Å². The van der Waals surface area contributed by atoms with Crippen molar-refractivity contribution < 1.29 is 23.9 Å². The number of benzene rings is 1. The number of fused-ring (bicyclic) bond motifs is 2. The number of amides is 4. The van der Waals surface area contributed by atoms with Gasteiger partial charge in [-0.3, -0.25) is 19.4 Å². The van der Waals surface area contributed by atoms with Gasteiger partial charge in [0, 0.05) is 23.2 Å². The molecule has 4 amide bonds. The second-order valence-electron chi connectivity index (χ2n) is 6.50. The van der Waals surface area contributed by atoms with E-state index in [4.69, 9.17) is 9.47 Å². The maximum Gasteiger partial charge on any atom is 0.331 e. The first kappa shape index (κ1) is 17.7. The van der Waals surface area contributed by atoms with Crippen molar-refractivity contribution in [1.82, 2.24) is 14.5 Å². The summed E-state index contributed by atoms with van der Waals surface area (Å²) in [7, 11) is 0. The minimum atomic E-state index is -0.631. The molecule has 1 saturated heterocycles. The lowest BCUT2D eigenvalue weighted by atomic mass is 10.1. The summed E-state index contributed by atoms with van der Waals surface area (Å²) in [5.74, 6) is 0.487. The van der Waals surface area contributed by atoms with E-state index >= 15 is 0 Å². The molecule has 10 heteroatoms. The Morgan fingerprint density at radius 3 is 2.89 bits per heavy atom. The van der Waals surface area contributed by atoms with Crippen molar-refractivity contribution in [3.05, 3.63) is 29.3 Å². The lowest BCUT2D eigenvalue weighted by Gasteiger charge is -2.39. The Hall–Kier alpha value is -2.72. The van der Waals surface area contributed by atoms with Gasteiger partial charge in [0.1, 0.15) is 12.6 Å². The number of ether oxygens (including phenoxy) is 2. The van der Waals surface area contributed by atoms with Crippen LogP contribution in [0.1, 0.15) is 13.8 Å². The van der Waals surface area contributed by atoms with Gasteiger partial charge in [0.15, 0.2) is 11.5 Å². The third-order valence-corrected chi connectivity index (χ3v) is 5.10. The highest BCUT2D eigenvalue weighted by Crippen LogP contribution is 2.34. The number of nitrogens with zero attached hydrogens (tertiary/aromatic N) is 2. The fourth-order valence-electron chi connectivity index (χ4n) is 3.11. The smallest absolute Gasteiger partial charge is 0.331 e. The van der Waals surface area contributed by atoms with E-state index in [9.17, 15) is 14.4 Å². The predicted molar refractivity (Wildman–Crippen MR) is 97.9 cm³/mol. The first-order valence-corrected chi connectivity index (χ1v) is 9.29. The molecule has 0 spiro atoms. The number of anilines is 1. The van der Waals surface area contributed by atoms with Gasteiger partial charge in [-0.05, 0) is 26.0 Å². The minimum absolute atomic E-state index is 0.147. The molecule has 4 rings (SSSR count). The quantitative estimate of drug-likeness (QED) is 0.751. The van der Waals surface area contributed by atoms with Gasteiger partial charge in [0.2, 0.25) is 12.7 Å². The molecule has 0 radical (unpaired) electrons. The van der Waals surface area contributed by atoms with Crippen molar-refractivity contribution >= 4 is 35.5 Å². The van der Waals surface area contributed by atoms with Crippen molar-refractivity contribution in [3.8, 4) is 11.5 Å². The predicted octanol–water partition coefficient (Wildman–Crippen LogP) is 1.49. The molecular weight excluding hydrogens is 372 g/mol. The van der Waals surface area contributed by atoms with Crippen molar-refractivity contribution in [2.45, 2.75) is 25.9 Å². The average molecular weight is 390 g/mol. The van der Waals surface area contributed by atoms with Gasteiger partial charge in [-0.2, -0.15) is 0 Å². The molecule has 9 nitrogen and oxygen atoms in total. The van der Waals surface area contributed by atoms with E-state index in [1.807, 2.05) is 0 Å². The SMILES string of the molecule is CC(C)N1C(=O)C2NSC=C2N(CC(=O)Nc2ccc3c(c2)OCO3)C1=O. The summed E-state index contributed by atoms with van der Waals surface area (Å²) in [6.45, 7) is 3.47. The maximum atomic E-state index is 12.8. The van der Waals surface area contributed by atoms with Crippen LogP contribution in [-0.4, -0.2) is 53.1 Å². The van der Waals surface area contributed by atoms with Crippen molar-refractivity contribution in [1.29, 1.82) is 0 Å². The van der Waals surface area contributed by atoms with E-state index < -0.39 is 12.1 Å². The number of hydrogen-bond acceptors (Lipinski definition) is 7. The average Bonchev–Trinajstić information content (AvgIpc) is 3.27. The van der Waals surface area contributed by atoms with Crippen LogP contribution in [0.25, 0.3) is 0 Å². The van der Waals surface area contributed by atoms with Crippen LogP contribution in [0.15, 0.2) is 29.3 Å². The molecule has 1 unspecified atom stereocenters. The normalized spacial score (nSPS) is 20.9. The molecule has 2 N–H and O–H groups in total. The lowest BCUT2D eigenvalue weighted by molar-refractivity contribution is -0.133. The Morgan fingerprint density at radius 1 is 1.33 bits per heavy atom. The number of urea groups is 1. The summed E-state index contributed by atoms with van der Waals surface area (Å²) in [4.78, 5) is 40.4. The number of imide groups is 1. The van der Waals surface area contributed by atoms with Crippen LogP contribution >= 0.6 is 11.9 Å². The van der Waals surface area contributed by atoms with Crippen LogP contribution < -0.4 is 19.5 Å². The summed E-state index contributed by atoms with van der Waals surface area (Å²) >= 11 is 1.23. The molecule has 1 aromatic rings. The molecule has 3 aliphatic heterocycles. The van der Waals surface area contributed by atoms with E-state index in [0.29, 0.717) is 22.9 Å². The summed E-state index contributed by atoms with van der Waals surface area (Å²) in [5, 5.41) is 4.43. The van der Waals surface area contributed by atoms with Crippen LogP contribution in [0, 0.1) is 0 Å². The molecule has 0 bridgehead atoms. The zero-order valence-electron chi connectivity index (χ0n) is 14.7. The Kier molecular flexibility index (Phi) is 4.44. The molecule has 3 heterocycles. The van der Waals surface area contributed by atoms with Crippen molar-refractivity contribution in [3.63, 3.8) is 0 Å². The van der Waals surface area contributed by atoms with Crippen LogP contribution in [0.2, 0.25) is 0 Å². The van der Waals surface area contributed by atoms with E-state index in [0.717, 1.165) is 0 Å². The van der Waals surface area contributed by atoms with E-state index in [-0.39, 0.29) is 31.2 Å². The molecule has 27 heavy (non-hydrogen) atoms. The summed E-state index contributed by atoms with van der Waals surface area (Å²) < 4.78 is 13.5. The van der Waals surface area contributed by atoms with Crippen LogP contribution in [0.3, 0.4) is 0 Å². The molecular formula is C17H18N4O5S. The molecule has 1 fully saturated rings. The Balaban J connectivity index is 1.51. The number of rotatable bonds is 4. The van der Waals surface area contributed by atoms with E-state index in [2.05, 4.69) is 10.0 Å². The van der Waals surface area contributed by atoms with Gasteiger partial charge in [0.25, 0.3) is 5.91 Å². The molecule has 1 aromatic carbocycles. The number of nitrogens with one attached hydrogen (secondary N) is 2. The number of carbonyl (C=O) groups is 3. The largest absolute Gasteiger partial charge is 0.454 e. The van der Waals surface area contributed by atoms with Gasteiger partial charge < -0.3 is 14.8 Å². The zero-order valence-corrected chi connectivity index (χ0v) is 15.5. The van der Waals surface area contributed by atoms with Gasteiger partial charge in [0.05, 0.1) is 5.70 Å². The minimum Gasteiger partial charge on any atom is -0.454 e. The monoisotopic (exact) mass is 390 g/mol. The molecule has 0 aromatic heterocycles. The second-order valence-corrected chi connectivity index (χ2v) is 7.21. The van der Waals surface area contributed by atoms with Gasteiger partial charge in [-0.25, -0.2) is 9.52 Å². The highest BCUT2D eigenvalue weighted by Gasteiger charge is 2.46. The molecule has 0 aliphatic carbocycles. The van der Waals surface area contributed by atoms with E-state index in [1.54, 1.807) is 37.5 Å². The topological polar surface area (TPSA) is 100 Å². The van der Waals surface area contributed by atoms with Gasteiger partial charge in [-0.15, -0.1) is 0 Å². The Labute approximate surface area is 159 Å². The fourth-order valence-corrected chi connectivity index (χ4v) is 3.92. The van der Waals surface area contributed by atoms with Crippen LogP contribution in [-0.2, 0) is 9.59 Å². The zero-order chi connectivity index (χ0) is 19.1.